The molecule has 0 saturated carbocycles. The maximum absolute atomic E-state index is 8.32. The normalized spacial score (nSPS) is 11.6. The van der Waals surface area contributed by atoms with Gasteiger partial charge in [-0.1, -0.05) is 5.16 Å². The van der Waals surface area contributed by atoms with Crippen LogP contribution < -0.4 is 5.73 Å². The van der Waals surface area contributed by atoms with E-state index in [1.807, 2.05) is 12.1 Å². The predicted molar refractivity (Wildman–Crippen MR) is 60.7 cm³/mol. The number of rotatable bonds is 4. The fourth-order valence-electron chi connectivity index (χ4n) is 0.780. The lowest BCUT2D eigenvalue weighted by Gasteiger charge is -2.01. The third kappa shape index (κ3) is 3.55. The van der Waals surface area contributed by atoms with Gasteiger partial charge in [-0.3, -0.25) is 0 Å². The highest BCUT2D eigenvalue weighted by Gasteiger charge is 2.01. The van der Waals surface area contributed by atoms with Crippen LogP contribution >= 0.6 is 27.7 Å². The number of halogens is 1. The number of hydrogen-bond acceptors (Lipinski definition) is 4. The van der Waals surface area contributed by atoms with Crippen molar-refractivity contribution in [2.75, 3.05) is 5.75 Å². The zero-order valence-electron chi connectivity index (χ0n) is 7.35. The Morgan fingerprint density at radius 3 is 3.14 bits per heavy atom. The highest BCUT2D eigenvalue weighted by molar-refractivity contribution is 9.10. The summed E-state index contributed by atoms with van der Waals surface area (Å²) in [6.07, 6.45) is 2.28. The molecule has 0 atom stereocenters. The monoisotopic (exact) mass is 275 g/mol. The topological polar surface area (TPSA) is 71.5 Å². The number of amidine groups is 1. The molecule has 76 valence electrons. The van der Waals surface area contributed by atoms with Crippen molar-refractivity contribution in [3.05, 3.63) is 22.8 Å². The summed E-state index contributed by atoms with van der Waals surface area (Å²) in [6.45, 7) is 0. The molecule has 0 unspecified atom stereocenters. The molecule has 0 fully saturated rings. The zero-order valence-corrected chi connectivity index (χ0v) is 9.75. The van der Waals surface area contributed by atoms with E-state index in [1.54, 1.807) is 18.0 Å². The third-order valence-electron chi connectivity index (χ3n) is 1.45. The van der Waals surface area contributed by atoms with Gasteiger partial charge in [-0.15, -0.1) is 11.8 Å². The maximum Gasteiger partial charge on any atom is 0.139 e. The molecule has 0 aromatic carbocycles. The molecule has 0 aliphatic carbocycles. The molecule has 1 aromatic rings. The lowest BCUT2D eigenvalue weighted by molar-refractivity contribution is 0.317. The smallest absolute Gasteiger partial charge is 0.139 e. The van der Waals surface area contributed by atoms with Crippen molar-refractivity contribution in [2.45, 2.75) is 11.4 Å². The Kier molecular flexibility index (Phi) is 4.75. The molecule has 6 heteroatoms. The summed E-state index contributed by atoms with van der Waals surface area (Å²) in [5.41, 5.74) is 5.33. The van der Waals surface area contributed by atoms with Gasteiger partial charge in [0, 0.05) is 22.8 Å². The van der Waals surface area contributed by atoms with E-state index in [4.69, 9.17) is 10.9 Å². The van der Waals surface area contributed by atoms with Gasteiger partial charge in [0.1, 0.15) is 10.9 Å². The first-order valence-electron chi connectivity index (χ1n) is 3.93. The quantitative estimate of drug-likeness (QED) is 0.290. The molecular weight excluding hydrogens is 266 g/mol. The maximum atomic E-state index is 8.32. The number of nitrogens with two attached hydrogens (primary N) is 1. The summed E-state index contributed by atoms with van der Waals surface area (Å²) >= 11 is 4.95. The standard InChI is InChI=1S/C8H10BrN3OS/c9-6-2-1-4-11-8(6)14-5-3-7(10)12-13/h1-2,4,13H,3,5H2,(H2,10,12). The van der Waals surface area contributed by atoms with Crippen LogP contribution in [0.1, 0.15) is 6.42 Å². The largest absolute Gasteiger partial charge is 0.409 e. The molecule has 0 spiro atoms. The van der Waals surface area contributed by atoms with Crippen LogP contribution in [0.15, 0.2) is 33.0 Å². The number of hydrogen-bond donors (Lipinski definition) is 2. The average molecular weight is 276 g/mol. The fourth-order valence-corrected chi connectivity index (χ4v) is 2.22. The van der Waals surface area contributed by atoms with Gasteiger partial charge in [0.05, 0.1) is 0 Å². The molecule has 1 rings (SSSR count). The SMILES string of the molecule is NC(CCSc1ncccc1Br)=NO. The number of thioether (sulfide) groups is 1. The molecule has 4 nitrogen and oxygen atoms in total. The minimum absolute atomic E-state index is 0.240. The minimum Gasteiger partial charge on any atom is -0.409 e. The van der Waals surface area contributed by atoms with Crippen LogP contribution in [0.3, 0.4) is 0 Å². The summed E-state index contributed by atoms with van der Waals surface area (Å²) in [5, 5.41) is 12.1. The first-order valence-corrected chi connectivity index (χ1v) is 5.71. The molecule has 0 bridgehead atoms. The molecule has 0 aliphatic heterocycles. The Morgan fingerprint density at radius 1 is 1.71 bits per heavy atom. The second-order valence-electron chi connectivity index (χ2n) is 2.48. The molecule has 0 radical (unpaired) electrons. The van der Waals surface area contributed by atoms with Gasteiger partial charge in [0.2, 0.25) is 0 Å². The Bertz CT molecular complexity index is 332. The number of aromatic nitrogens is 1. The van der Waals surface area contributed by atoms with Crippen LogP contribution in [0, 0.1) is 0 Å². The molecule has 1 aromatic heterocycles. The highest BCUT2D eigenvalue weighted by Crippen LogP contribution is 2.24. The number of pyridine rings is 1. The second-order valence-corrected chi connectivity index (χ2v) is 4.42. The molecule has 14 heavy (non-hydrogen) atoms. The van der Waals surface area contributed by atoms with Crippen LogP contribution in [0.5, 0.6) is 0 Å². The molecule has 3 N–H and O–H groups in total. The fraction of sp³-hybridized carbons (Fsp3) is 0.250. The van der Waals surface area contributed by atoms with Crippen molar-refractivity contribution < 1.29 is 5.21 Å². The molecule has 0 saturated heterocycles. The predicted octanol–water partition coefficient (Wildman–Crippen LogP) is 2.07. The average Bonchev–Trinajstić information content (AvgIpc) is 2.20. The van der Waals surface area contributed by atoms with Crippen molar-refractivity contribution in [1.82, 2.24) is 4.98 Å². The minimum atomic E-state index is 0.240. The van der Waals surface area contributed by atoms with Crippen LogP contribution in [0.2, 0.25) is 0 Å². The van der Waals surface area contributed by atoms with E-state index >= 15 is 0 Å². The summed E-state index contributed by atoms with van der Waals surface area (Å²) in [5.74, 6) is 0.982. The molecule has 0 amide bonds. The second kappa shape index (κ2) is 5.87. The van der Waals surface area contributed by atoms with E-state index in [0.717, 1.165) is 15.3 Å². The van der Waals surface area contributed by atoms with Crippen LogP contribution in [0.4, 0.5) is 0 Å². The van der Waals surface area contributed by atoms with E-state index in [2.05, 4.69) is 26.1 Å². The Labute approximate surface area is 94.7 Å². The number of oxime groups is 1. The van der Waals surface area contributed by atoms with Crippen molar-refractivity contribution in [2.24, 2.45) is 10.9 Å². The molecule has 1 heterocycles. The van der Waals surface area contributed by atoms with Crippen molar-refractivity contribution in [3.63, 3.8) is 0 Å². The van der Waals surface area contributed by atoms with Gasteiger partial charge in [0.25, 0.3) is 0 Å². The van der Waals surface area contributed by atoms with Gasteiger partial charge in [-0.2, -0.15) is 0 Å². The highest BCUT2D eigenvalue weighted by atomic mass is 79.9. The Hall–Kier alpha value is -0.750. The summed E-state index contributed by atoms with van der Waals surface area (Å²) < 4.78 is 0.963. The van der Waals surface area contributed by atoms with Gasteiger partial charge in [-0.25, -0.2) is 4.98 Å². The van der Waals surface area contributed by atoms with Gasteiger partial charge >= 0.3 is 0 Å². The summed E-state index contributed by atoms with van der Waals surface area (Å²) in [6, 6.07) is 3.79. The van der Waals surface area contributed by atoms with Crippen LogP contribution in [-0.2, 0) is 0 Å². The Morgan fingerprint density at radius 2 is 2.50 bits per heavy atom. The van der Waals surface area contributed by atoms with Crippen molar-refractivity contribution in [3.8, 4) is 0 Å². The van der Waals surface area contributed by atoms with E-state index in [-0.39, 0.29) is 5.84 Å². The first kappa shape index (κ1) is 11.3. The zero-order chi connectivity index (χ0) is 10.4. The summed E-state index contributed by atoms with van der Waals surface area (Å²) in [4.78, 5) is 4.17. The third-order valence-corrected chi connectivity index (χ3v) is 3.36. The first-order chi connectivity index (χ1) is 6.74. The number of nitrogens with zero attached hydrogens (tertiary/aromatic N) is 2. The summed E-state index contributed by atoms with van der Waals surface area (Å²) in [7, 11) is 0. The Balaban J connectivity index is 2.43. The van der Waals surface area contributed by atoms with Crippen LogP contribution in [0.25, 0.3) is 0 Å². The molecule has 0 aliphatic rings. The van der Waals surface area contributed by atoms with E-state index < -0.39 is 0 Å². The lowest BCUT2D eigenvalue weighted by Crippen LogP contribution is -2.12. The van der Waals surface area contributed by atoms with Gasteiger partial charge < -0.3 is 10.9 Å². The van der Waals surface area contributed by atoms with Crippen LogP contribution in [-0.4, -0.2) is 21.8 Å². The van der Waals surface area contributed by atoms with E-state index in [9.17, 15) is 0 Å². The van der Waals surface area contributed by atoms with Gasteiger partial charge in [-0.05, 0) is 28.1 Å². The van der Waals surface area contributed by atoms with Gasteiger partial charge in [0.15, 0.2) is 0 Å². The van der Waals surface area contributed by atoms with E-state index in [0.29, 0.717) is 6.42 Å². The molecular formula is C8H10BrN3OS. The van der Waals surface area contributed by atoms with Crippen molar-refractivity contribution in [1.29, 1.82) is 0 Å². The lowest BCUT2D eigenvalue weighted by atomic mass is 10.5. The van der Waals surface area contributed by atoms with E-state index in [1.165, 1.54) is 0 Å². The van der Waals surface area contributed by atoms with Crippen molar-refractivity contribution >= 4 is 33.5 Å².